The maximum Gasteiger partial charge on any atom is 0.317 e. The molecule has 0 fully saturated rings. The molecule has 0 saturated carbocycles. The smallest absolute Gasteiger partial charge is 0.317 e. The van der Waals surface area contributed by atoms with E-state index in [4.69, 9.17) is 5.11 Å². The van der Waals surface area contributed by atoms with E-state index in [1.807, 2.05) is 0 Å². The van der Waals surface area contributed by atoms with Crippen LogP contribution in [0.1, 0.15) is 12.5 Å². The van der Waals surface area contributed by atoms with Gasteiger partial charge < -0.3 is 5.11 Å². The highest BCUT2D eigenvalue weighted by Crippen LogP contribution is 2.19. The lowest BCUT2D eigenvalue weighted by atomic mass is 10.1. The Balaban J connectivity index is 2.78. The van der Waals surface area contributed by atoms with Crippen LogP contribution in [0.3, 0.4) is 0 Å². The number of non-ortho nitro benzene ring substituents is 1. The van der Waals surface area contributed by atoms with Crippen LogP contribution in [0.2, 0.25) is 0 Å². The van der Waals surface area contributed by atoms with Crippen molar-refractivity contribution in [3.63, 3.8) is 0 Å². The number of nitro groups is 1. The average molecular weight is 269 g/mol. The first-order valence-corrected chi connectivity index (χ1v) is 5.91. The predicted molar refractivity (Wildman–Crippen MR) is 66.5 cm³/mol. The van der Waals surface area contributed by atoms with Crippen molar-refractivity contribution in [2.24, 2.45) is 0 Å². The molecule has 0 unspecified atom stereocenters. The number of nitrogens with zero attached hydrogens (tertiary/aromatic N) is 1. The Kier molecular flexibility index (Phi) is 4.85. The molecule has 0 saturated heterocycles. The minimum absolute atomic E-state index is 0.0511. The molecule has 1 rings (SSSR count). The van der Waals surface area contributed by atoms with Crippen LogP contribution in [0.15, 0.2) is 24.3 Å². The Morgan fingerprint density at radius 2 is 1.94 bits per heavy atom. The molecule has 1 aromatic carbocycles. The van der Waals surface area contributed by atoms with Gasteiger partial charge in [-0.3, -0.25) is 19.7 Å². The summed E-state index contributed by atoms with van der Waals surface area (Å²) in [5.74, 6) is -1.08. The number of carbonyl (C=O) groups is 2. The van der Waals surface area contributed by atoms with Crippen LogP contribution in [0.25, 0.3) is 0 Å². The highest BCUT2D eigenvalue weighted by molar-refractivity contribution is 8.14. The molecule has 7 heteroatoms. The lowest BCUT2D eigenvalue weighted by molar-refractivity contribution is -0.384. The van der Waals surface area contributed by atoms with Crippen molar-refractivity contribution >= 4 is 28.5 Å². The number of carbonyl (C=O) groups excluding carboxylic acids is 1. The van der Waals surface area contributed by atoms with Gasteiger partial charge in [0.2, 0.25) is 0 Å². The summed E-state index contributed by atoms with van der Waals surface area (Å²) in [6.45, 7) is 1.30. The minimum atomic E-state index is -1.08. The van der Waals surface area contributed by atoms with Gasteiger partial charge in [-0.25, -0.2) is 0 Å². The second kappa shape index (κ2) is 6.15. The quantitative estimate of drug-likeness (QED) is 0.647. The minimum Gasteiger partial charge on any atom is -0.480 e. The van der Waals surface area contributed by atoms with E-state index in [9.17, 15) is 19.7 Å². The Bertz CT molecular complexity index is 471. The number of rotatable bonds is 5. The topological polar surface area (TPSA) is 97.5 Å². The SMILES string of the molecule is CC(=O)S[C@@H](Cc1ccc([N+](=O)[O-])cc1)C(=O)O. The summed E-state index contributed by atoms with van der Waals surface area (Å²) in [5, 5.41) is 18.3. The largest absolute Gasteiger partial charge is 0.480 e. The monoisotopic (exact) mass is 269 g/mol. The summed E-state index contributed by atoms with van der Waals surface area (Å²) < 4.78 is 0. The standard InChI is InChI=1S/C11H11NO5S/c1-7(13)18-10(11(14)15)6-8-2-4-9(5-3-8)12(16)17/h2-5,10H,6H2,1H3,(H,14,15)/t10-/m0/s1. The summed E-state index contributed by atoms with van der Waals surface area (Å²) in [4.78, 5) is 31.8. The summed E-state index contributed by atoms with van der Waals surface area (Å²) in [7, 11) is 0. The molecule has 0 bridgehead atoms. The molecule has 18 heavy (non-hydrogen) atoms. The van der Waals surface area contributed by atoms with E-state index in [2.05, 4.69) is 0 Å². The highest BCUT2D eigenvalue weighted by Gasteiger charge is 2.21. The van der Waals surface area contributed by atoms with E-state index < -0.39 is 16.1 Å². The first kappa shape index (κ1) is 14.2. The van der Waals surface area contributed by atoms with Gasteiger partial charge in [0.25, 0.3) is 5.69 Å². The Labute approximate surface area is 107 Å². The van der Waals surface area contributed by atoms with Gasteiger partial charge in [-0.1, -0.05) is 23.9 Å². The molecular weight excluding hydrogens is 258 g/mol. The maximum absolute atomic E-state index is 10.9. The molecule has 0 amide bonds. The number of carboxylic acids is 1. The van der Waals surface area contributed by atoms with E-state index in [1.54, 1.807) is 0 Å². The lowest BCUT2D eigenvalue weighted by Gasteiger charge is -2.09. The second-order valence-electron chi connectivity index (χ2n) is 3.56. The van der Waals surface area contributed by atoms with Gasteiger partial charge in [-0.05, 0) is 12.0 Å². The van der Waals surface area contributed by atoms with Gasteiger partial charge in [0.05, 0.1) is 4.92 Å². The third-order valence-electron chi connectivity index (χ3n) is 2.15. The van der Waals surface area contributed by atoms with Crippen molar-refractivity contribution in [3.05, 3.63) is 39.9 Å². The third-order valence-corrected chi connectivity index (χ3v) is 3.14. The van der Waals surface area contributed by atoms with Crippen molar-refractivity contribution in [3.8, 4) is 0 Å². The molecule has 1 aromatic rings. The summed E-state index contributed by atoms with van der Waals surface area (Å²) in [6.07, 6.45) is 0.150. The van der Waals surface area contributed by atoms with Crippen molar-refractivity contribution in [2.75, 3.05) is 0 Å². The van der Waals surface area contributed by atoms with Crippen LogP contribution in [-0.4, -0.2) is 26.4 Å². The molecule has 0 spiro atoms. The van der Waals surface area contributed by atoms with Gasteiger partial charge in [0.1, 0.15) is 5.25 Å². The average Bonchev–Trinajstić information content (AvgIpc) is 2.28. The number of hydrogen-bond donors (Lipinski definition) is 1. The molecule has 0 heterocycles. The number of hydrogen-bond acceptors (Lipinski definition) is 5. The Hall–Kier alpha value is -1.89. The summed E-state index contributed by atoms with van der Waals surface area (Å²) in [5.41, 5.74) is 0.589. The van der Waals surface area contributed by atoms with E-state index in [0.717, 1.165) is 11.8 Å². The van der Waals surface area contributed by atoms with E-state index in [1.165, 1.54) is 31.2 Å². The molecule has 0 aliphatic rings. The molecule has 0 radical (unpaired) electrons. The van der Waals surface area contributed by atoms with Crippen molar-refractivity contribution in [1.82, 2.24) is 0 Å². The maximum atomic E-state index is 10.9. The highest BCUT2D eigenvalue weighted by atomic mass is 32.2. The van der Waals surface area contributed by atoms with Crippen LogP contribution in [0.5, 0.6) is 0 Å². The number of aliphatic carboxylic acids is 1. The first-order valence-electron chi connectivity index (χ1n) is 5.03. The molecule has 1 N–H and O–H groups in total. The zero-order valence-corrected chi connectivity index (χ0v) is 10.3. The van der Waals surface area contributed by atoms with E-state index >= 15 is 0 Å². The fourth-order valence-corrected chi connectivity index (χ4v) is 2.12. The summed E-state index contributed by atoms with van der Waals surface area (Å²) >= 11 is 0.741. The van der Waals surface area contributed by atoms with Crippen molar-refractivity contribution in [2.45, 2.75) is 18.6 Å². The van der Waals surface area contributed by atoms with Gasteiger partial charge in [-0.15, -0.1) is 0 Å². The normalized spacial score (nSPS) is 11.8. The fraction of sp³-hybridized carbons (Fsp3) is 0.273. The molecule has 0 aromatic heterocycles. The van der Waals surface area contributed by atoms with Crippen molar-refractivity contribution < 1.29 is 19.6 Å². The second-order valence-corrected chi connectivity index (χ2v) is 4.94. The van der Waals surface area contributed by atoms with Gasteiger partial charge >= 0.3 is 5.97 Å². The van der Waals surface area contributed by atoms with Crippen LogP contribution in [-0.2, 0) is 16.0 Å². The molecule has 96 valence electrons. The fourth-order valence-electron chi connectivity index (χ4n) is 1.35. The van der Waals surface area contributed by atoms with Crippen LogP contribution < -0.4 is 0 Å². The van der Waals surface area contributed by atoms with E-state index in [0.29, 0.717) is 5.56 Å². The Morgan fingerprint density at radius 1 is 1.39 bits per heavy atom. The van der Waals surface area contributed by atoms with Gasteiger partial charge in [-0.2, -0.15) is 0 Å². The van der Waals surface area contributed by atoms with Crippen molar-refractivity contribution in [1.29, 1.82) is 0 Å². The molecule has 0 aliphatic carbocycles. The third kappa shape index (κ3) is 4.17. The number of benzene rings is 1. The van der Waals surface area contributed by atoms with Crippen LogP contribution in [0, 0.1) is 10.1 Å². The van der Waals surface area contributed by atoms with Gasteiger partial charge in [0.15, 0.2) is 5.12 Å². The molecular formula is C11H11NO5S. The van der Waals surface area contributed by atoms with E-state index in [-0.39, 0.29) is 17.2 Å². The molecule has 1 atom stereocenters. The molecule has 6 nitrogen and oxygen atoms in total. The lowest BCUT2D eigenvalue weighted by Crippen LogP contribution is -2.20. The zero-order chi connectivity index (χ0) is 13.7. The number of thioether (sulfide) groups is 1. The zero-order valence-electron chi connectivity index (χ0n) is 9.53. The van der Waals surface area contributed by atoms with Crippen LogP contribution >= 0.6 is 11.8 Å². The van der Waals surface area contributed by atoms with Crippen LogP contribution in [0.4, 0.5) is 5.69 Å². The predicted octanol–water partition coefficient (Wildman–Crippen LogP) is 1.87. The first-order chi connectivity index (χ1) is 8.40. The molecule has 0 aliphatic heterocycles. The summed E-state index contributed by atoms with van der Waals surface area (Å²) in [6, 6.07) is 5.61. The number of carboxylic acid groups (broad SMARTS) is 1. The Morgan fingerprint density at radius 3 is 2.33 bits per heavy atom. The van der Waals surface area contributed by atoms with Gasteiger partial charge in [0, 0.05) is 19.1 Å². The number of nitro benzene ring substituents is 1.